The first-order valence-electron chi connectivity index (χ1n) is 6.96. The summed E-state index contributed by atoms with van der Waals surface area (Å²) in [7, 11) is 2.20. The van der Waals surface area contributed by atoms with E-state index in [1.807, 2.05) is 0 Å². The third-order valence-corrected chi connectivity index (χ3v) is 4.40. The Morgan fingerprint density at radius 3 is 2.74 bits per heavy atom. The Kier molecular flexibility index (Phi) is 4.87. The molecule has 0 amide bonds. The Labute approximate surface area is 124 Å². The van der Waals surface area contributed by atoms with Gasteiger partial charge >= 0.3 is 0 Å². The lowest BCUT2D eigenvalue weighted by atomic mass is 10.0. The van der Waals surface area contributed by atoms with Crippen molar-refractivity contribution in [2.45, 2.75) is 32.4 Å². The Morgan fingerprint density at radius 1 is 1.37 bits per heavy atom. The topological polar surface area (TPSA) is 32.5 Å². The second-order valence-electron chi connectivity index (χ2n) is 5.64. The van der Waals surface area contributed by atoms with Crippen LogP contribution in [-0.2, 0) is 0 Å². The first kappa shape index (κ1) is 14.8. The molecule has 2 unspecified atom stereocenters. The second-order valence-corrected chi connectivity index (χ2v) is 6.56. The summed E-state index contributed by atoms with van der Waals surface area (Å²) in [5, 5.41) is 0. The molecule has 0 aromatic heterocycles. The summed E-state index contributed by atoms with van der Waals surface area (Å²) in [6, 6.07) is 7.59. The molecule has 0 radical (unpaired) electrons. The molecule has 3 nitrogen and oxygen atoms in total. The molecule has 1 aromatic rings. The monoisotopic (exact) mass is 325 g/mol. The summed E-state index contributed by atoms with van der Waals surface area (Å²) < 4.78 is 1.14. The summed E-state index contributed by atoms with van der Waals surface area (Å²) in [6.45, 7) is 7.44. The maximum absolute atomic E-state index is 5.80. The molecular weight excluding hydrogens is 302 g/mol. The van der Waals surface area contributed by atoms with Crippen molar-refractivity contribution in [3.8, 4) is 0 Å². The fourth-order valence-corrected chi connectivity index (χ4v) is 3.66. The van der Waals surface area contributed by atoms with Gasteiger partial charge in [-0.2, -0.15) is 0 Å². The maximum Gasteiger partial charge on any atom is 0.0432 e. The predicted octanol–water partition coefficient (Wildman–Crippen LogP) is 2.62. The van der Waals surface area contributed by atoms with E-state index in [9.17, 15) is 0 Å². The number of anilines is 1. The van der Waals surface area contributed by atoms with E-state index in [1.165, 1.54) is 11.3 Å². The second kappa shape index (κ2) is 6.25. The van der Waals surface area contributed by atoms with Gasteiger partial charge < -0.3 is 15.5 Å². The van der Waals surface area contributed by atoms with Crippen LogP contribution in [0.1, 0.15) is 18.9 Å². The number of hydrogen-bond donors (Lipinski definition) is 1. The molecule has 106 valence electrons. The third-order valence-electron chi connectivity index (χ3n) is 3.90. The van der Waals surface area contributed by atoms with Gasteiger partial charge in [-0.1, -0.05) is 15.9 Å². The van der Waals surface area contributed by atoms with Gasteiger partial charge in [0, 0.05) is 35.3 Å². The van der Waals surface area contributed by atoms with Crippen molar-refractivity contribution < 1.29 is 0 Å². The van der Waals surface area contributed by atoms with E-state index < -0.39 is 0 Å². The van der Waals surface area contributed by atoms with Crippen molar-refractivity contribution in [1.29, 1.82) is 0 Å². The lowest BCUT2D eigenvalue weighted by molar-refractivity contribution is 0.227. The Balaban J connectivity index is 2.32. The lowest BCUT2D eigenvalue weighted by Crippen LogP contribution is -2.57. The molecule has 19 heavy (non-hydrogen) atoms. The van der Waals surface area contributed by atoms with Gasteiger partial charge in [-0.05, 0) is 57.6 Å². The molecule has 1 heterocycles. The minimum absolute atomic E-state index is 0.513. The number of benzene rings is 1. The van der Waals surface area contributed by atoms with Crippen LogP contribution in [0.25, 0.3) is 0 Å². The van der Waals surface area contributed by atoms with Crippen LogP contribution in [0.4, 0.5) is 5.69 Å². The lowest BCUT2D eigenvalue weighted by Gasteiger charge is -2.46. The van der Waals surface area contributed by atoms with Crippen LogP contribution in [0.15, 0.2) is 22.7 Å². The summed E-state index contributed by atoms with van der Waals surface area (Å²) in [5.74, 6) is 0. The largest absolute Gasteiger partial charge is 0.363 e. The average molecular weight is 326 g/mol. The Bertz CT molecular complexity index is 435. The van der Waals surface area contributed by atoms with E-state index in [1.54, 1.807) is 0 Å². The molecule has 2 rings (SSSR count). The number of piperazine rings is 1. The molecule has 1 saturated heterocycles. The Morgan fingerprint density at radius 2 is 2.11 bits per heavy atom. The van der Waals surface area contributed by atoms with Gasteiger partial charge in [0.25, 0.3) is 0 Å². The number of hydrogen-bond acceptors (Lipinski definition) is 3. The van der Waals surface area contributed by atoms with E-state index in [2.05, 4.69) is 64.8 Å². The summed E-state index contributed by atoms with van der Waals surface area (Å²) >= 11 is 3.54. The molecule has 2 atom stereocenters. The van der Waals surface area contributed by atoms with Crippen molar-refractivity contribution in [2.75, 3.05) is 31.6 Å². The molecule has 4 heteroatoms. The molecule has 1 aliphatic heterocycles. The van der Waals surface area contributed by atoms with Crippen LogP contribution in [-0.4, -0.2) is 43.7 Å². The van der Waals surface area contributed by atoms with E-state index >= 15 is 0 Å². The van der Waals surface area contributed by atoms with Crippen molar-refractivity contribution >= 4 is 21.6 Å². The van der Waals surface area contributed by atoms with Gasteiger partial charge in [0.2, 0.25) is 0 Å². The molecule has 1 fully saturated rings. The van der Waals surface area contributed by atoms with Crippen LogP contribution in [0.2, 0.25) is 0 Å². The van der Waals surface area contributed by atoms with Crippen LogP contribution >= 0.6 is 15.9 Å². The number of halogens is 1. The van der Waals surface area contributed by atoms with Gasteiger partial charge in [-0.3, -0.25) is 0 Å². The van der Waals surface area contributed by atoms with E-state index in [4.69, 9.17) is 5.73 Å². The highest BCUT2D eigenvalue weighted by Gasteiger charge is 2.30. The van der Waals surface area contributed by atoms with Crippen LogP contribution < -0.4 is 10.6 Å². The third kappa shape index (κ3) is 3.30. The zero-order valence-corrected chi connectivity index (χ0v) is 13.7. The number of aryl methyl sites for hydroxylation is 1. The van der Waals surface area contributed by atoms with Crippen LogP contribution in [0, 0.1) is 6.92 Å². The minimum atomic E-state index is 0.513. The fraction of sp³-hybridized carbons (Fsp3) is 0.600. The predicted molar refractivity (Wildman–Crippen MR) is 85.8 cm³/mol. The van der Waals surface area contributed by atoms with Crippen molar-refractivity contribution in [3.63, 3.8) is 0 Å². The maximum atomic E-state index is 5.80. The highest BCUT2D eigenvalue weighted by atomic mass is 79.9. The van der Waals surface area contributed by atoms with E-state index in [-0.39, 0.29) is 0 Å². The number of nitrogens with two attached hydrogens (primary N) is 1. The molecule has 1 aromatic carbocycles. The smallest absolute Gasteiger partial charge is 0.0432 e. The highest BCUT2D eigenvalue weighted by Crippen LogP contribution is 2.30. The quantitative estimate of drug-likeness (QED) is 0.927. The molecule has 1 aliphatic rings. The molecule has 2 N–H and O–H groups in total. The van der Waals surface area contributed by atoms with Crippen molar-refractivity contribution in [1.82, 2.24) is 4.90 Å². The van der Waals surface area contributed by atoms with E-state index in [0.29, 0.717) is 12.1 Å². The van der Waals surface area contributed by atoms with Crippen molar-refractivity contribution in [2.24, 2.45) is 5.73 Å². The first-order valence-corrected chi connectivity index (χ1v) is 7.75. The first-order chi connectivity index (χ1) is 9.02. The van der Waals surface area contributed by atoms with Crippen LogP contribution in [0.3, 0.4) is 0 Å². The summed E-state index contributed by atoms with van der Waals surface area (Å²) in [4.78, 5) is 4.98. The Hall–Kier alpha value is -0.580. The zero-order chi connectivity index (χ0) is 14.0. The fourth-order valence-electron chi connectivity index (χ4n) is 3.19. The standard InChI is InChI=1S/C15H24BrN3/c1-11-8-13(16)4-5-15(11)19-12(2)9-18(3)10-14(19)6-7-17/h4-5,8,12,14H,6-7,9-10,17H2,1-3H3. The average Bonchev–Trinajstić information content (AvgIpc) is 2.31. The zero-order valence-electron chi connectivity index (χ0n) is 12.1. The minimum Gasteiger partial charge on any atom is -0.363 e. The van der Waals surface area contributed by atoms with Gasteiger partial charge in [0.1, 0.15) is 0 Å². The summed E-state index contributed by atoms with van der Waals surface area (Å²) in [6.07, 6.45) is 1.05. The molecule has 0 aliphatic carbocycles. The number of likely N-dealkylation sites (N-methyl/N-ethyl adjacent to an activating group) is 1. The van der Waals surface area contributed by atoms with Gasteiger partial charge in [0.05, 0.1) is 0 Å². The summed E-state index contributed by atoms with van der Waals surface area (Å²) in [5.41, 5.74) is 8.48. The molecule has 0 bridgehead atoms. The van der Waals surface area contributed by atoms with Gasteiger partial charge in [0.15, 0.2) is 0 Å². The SMILES string of the molecule is Cc1cc(Br)ccc1N1C(C)CN(C)CC1CCN. The van der Waals surface area contributed by atoms with Crippen molar-refractivity contribution in [3.05, 3.63) is 28.2 Å². The highest BCUT2D eigenvalue weighted by molar-refractivity contribution is 9.10. The molecular formula is C15H24BrN3. The normalized spacial score (nSPS) is 24.8. The van der Waals surface area contributed by atoms with Gasteiger partial charge in [-0.15, -0.1) is 0 Å². The molecule has 0 saturated carbocycles. The van der Waals surface area contributed by atoms with Gasteiger partial charge in [-0.25, -0.2) is 0 Å². The number of rotatable bonds is 3. The van der Waals surface area contributed by atoms with Crippen LogP contribution in [0.5, 0.6) is 0 Å². The number of nitrogens with zero attached hydrogens (tertiary/aromatic N) is 2. The van der Waals surface area contributed by atoms with E-state index in [0.717, 1.165) is 30.5 Å². The molecule has 0 spiro atoms.